The van der Waals surface area contributed by atoms with Crippen molar-refractivity contribution in [1.29, 1.82) is 0 Å². The number of nitrogens with one attached hydrogen (secondary N) is 2. The minimum absolute atomic E-state index is 0.0108. The molecule has 0 unspecified atom stereocenters. The average Bonchev–Trinajstić information content (AvgIpc) is 3.86. The van der Waals surface area contributed by atoms with Crippen LogP contribution in [0.25, 0.3) is 10.1 Å². The molecule has 0 aliphatic carbocycles. The number of amides is 3. The molecule has 0 radical (unpaired) electrons. The topological polar surface area (TPSA) is 156 Å². The van der Waals surface area contributed by atoms with Gasteiger partial charge in [-0.1, -0.05) is 54.6 Å². The molecule has 2 N–H and O–H groups in total. The highest BCUT2D eigenvalue weighted by molar-refractivity contribution is 7.57. The number of pyridine rings is 1. The van der Waals surface area contributed by atoms with Crippen LogP contribution in [0.5, 0.6) is 11.5 Å². The van der Waals surface area contributed by atoms with E-state index in [2.05, 4.69) is 15.4 Å². The summed E-state index contributed by atoms with van der Waals surface area (Å²) in [5, 5.41) is 6.07. The second-order valence-corrected chi connectivity index (χ2v) is 18.9. The lowest BCUT2D eigenvalue weighted by atomic mass is 9.91. The number of benzene rings is 3. The van der Waals surface area contributed by atoms with Crippen LogP contribution in [-0.2, 0) is 30.3 Å². The first-order valence-corrected chi connectivity index (χ1v) is 22.9. The average molecular weight is 868 g/mol. The number of nitrogens with zero attached hydrogens (tertiary/aromatic N) is 3. The van der Waals surface area contributed by atoms with Crippen LogP contribution >= 0.6 is 18.9 Å². The molecule has 0 saturated carbocycles. The molecule has 3 aliphatic heterocycles. The molecule has 8 rings (SSSR count). The first-order chi connectivity index (χ1) is 29.5. The predicted molar refractivity (Wildman–Crippen MR) is 228 cm³/mol. The third-order valence-electron chi connectivity index (χ3n) is 11.6. The van der Waals surface area contributed by atoms with Crippen LogP contribution in [0.4, 0.5) is 4.39 Å². The first-order valence-electron chi connectivity index (χ1n) is 20.4. The Morgan fingerprint density at radius 2 is 1.72 bits per heavy atom. The molecule has 3 aliphatic rings. The number of alkyl halides is 1. The van der Waals surface area contributed by atoms with Crippen LogP contribution in [0.15, 0.2) is 103 Å². The summed E-state index contributed by atoms with van der Waals surface area (Å²) in [5.41, 5.74) is 1.72. The third-order valence-corrected chi connectivity index (χ3v) is 14.9. The molecule has 61 heavy (non-hydrogen) atoms. The third kappa shape index (κ3) is 9.05. The smallest absolute Gasteiger partial charge is 0.355 e. The van der Waals surface area contributed by atoms with Gasteiger partial charge in [0.15, 0.2) is 0 Å². The van der Waals surface area contributed by atoms with Crippen molar-refractivity contribution < 1.29 is 42.1 Å². The SMILES string of the molecule is COc1ccncc1C1CN(C(=O)[C@@H]2CC[C@@H]3CCC[C@H](NC(=O)c4cc5cc([C@H](F)[P@](=O)(N[C@@H](C)C(=O)OCc6ccccc6)Oc6ccccc6)ccc5s4)C(=O)N32)C1. The van der Waals surface area contributed by atoms with Crippen molar-refractivity contribution in [3.05, 3.63) is 125 Å². The lowest BCUT2D eigenvalue weighted by Crippen LogP contribution is -2.58. The summed E-state index contributed by atoms with van der Waals surface area (Å²) in [6.07, 6.45) is 6.62. The molecule has 5 aromatic rings. The zero-order valence-electron chi connectivity index (χ0n) is 33.8. The maximum absolute atomic E-state index is 16.7. The lowest BCUT2D eigenvalue weighted by Gasteiger charge is -2.42. The normalized spacial score (nSPS) is 21.0. The summed E-state index contributed by atoms with van der Waals surface area (Å²) in [5.74, 6) is -2.79. The Balaban J connectivity index is 0.941. The van der Waals surface area contributed by atoms with Gasteiger partial charge >= 0.3 is 13.5 Å². The number of ether oxygens (including phenoxy) is 2. The first kappa shape index (κ1) is 42.1. The van der Waals surface area contributed by atoms with Gasteiger partial charge in [0.1, 0.15) is 36.2 Å². The Hall–Kier alpha value is -5.63. The van der Waals surface area contributed by atoms with Gasteiger partial charge in [0.25, 0.3) is 5.91 Å². The molecule has 5 heterocycles. The molecule has 2 aromatic heterocycles. The quantitative estimate of drug-likeness (QED) is 0.0845. The number of carbonyl (C=O) groups excluding carboxylic acids is 4. The van der Waals surface area contributed by atoms with Gasteiger partial charge in [-0.05, 0) is 91.9 Å². The zero-order valence-corrected chi connectivity index (χ0v) is 35.5. The van der Waals surface area contributed by atoms with Crippen LogP contribution in [0, 0.1) is 0 Å². The Morgan fingerprint density at radius 1 is 0.967 bits per heavy atom. The molecule has 0 bridgehead atoms. The van der Waals surface area contributed by atoms with Gasteiger partial charge in [-0.25, -0.2) is 9.48 Å². The van der Waals surface area contributed by atoms with Crippen LogP contribution in [0.2, 0.25) is 0 Å². The minimum Gasteiger partial charge on any atom is -0.496 e. The summed E-state index contributed by atoms with van der Waals surface area (Å²) in [7, 11) is -2.89. The highest BCUT2D eigenvalue weighted by Gasteiger charge is 2.48. The van der Waals surface area contributed by atoms with Crippen molar-refractivity contribution in [1.82, 2.24) is 25.2 Å². The Bertz CT molecular complexity index is 2450. The van der Waals surface area contributed by atoms with Gasteiger partial charge in [-0.15, -0.1) is 11.3 Å². The standard InChI is InChI=1S/C45H47FN5O8PS/c1-28(45(55)58-27-29-10-5-3-6-11-29)49-60(56,59-34-13-7-4-8-14-34)41(46)30-16-19-39-31(22-30)23-40(61-39)42(52)48-36-15-9-12-33-17-18-37(51(33)43(36)53)44(54)50-25-32(26-50)35-24-47-21-20-38(35)57-2/h3-8,10-11,13-14,16,19-24,28,32-33,36-37,41H,9,12,15,17-18,25-27H2,1-2H3,(H,48,52)(H,49,56)/t28-,33-,36-,37-,41+,60+/m0/s1. The number of carbonyl (C=O) groups is 4. The number of rotatable bonds is 14. The molecule has 3 saturated heterocycles. The van der Waals surface area contributed by atoms with Crippen LogP contribution in [0.1, 0.15) is 77.2 Å². The largest absolute Gasteiger partial charge is 0.496 e. The van der Waals surface area contributed by atoms with E-state index in [1.165, 1.54) is 42.5 Å². The van der Waals surface area contributed by atoms with Gasteiger partial charge in [0.2, 0.25) is 17.7 Å². The van der Waals surface area contributed by atoms with Crippen molar-refractivity contribution >= 4 is 52.6 Å². The number of aromatic nitrogens is 1. The number of likely N-dealkylation sites (tertiary alicyclic amines) is 1. The number of hydrogen-bond donors (Lipinski definition) is 2. The summed E-state index contributed by atoms with van der Waals surface area (Å²) >= 11 is 1.18. The Kier molecular flexibility index (Phi) is 12.5. The molecule has 13 nitrogen and oxygen atoms in total. The van der Waals surface area contributed by atoms with E-state index in [4.69, 9.17) is 14.0 Å². The molecular formula is C45H47FN5O8PS. The van der Waals surface area contributed by atoms with Crippen molar-refractivity contribution in [2.24, 2.45) is 0 Å². The second kappa shape index (κ2) is 18.2. The summed E-state index contributed by atoms with van der Waals surface area (Å²) < 4.78 is 48.5. The van der Waals surface area contributed by atoms with E-state index in [9.17, 15) is 23.7 Å². The van der Waals surface area contributed by atoms with Gasteiger partial charge in [-0.2, -0.15) is 0 Å². The zero-order chi connectivity index (χ0) is 42.7. The summed E-state index contributed by atoms with van der Waals surface area (Å²) in [4.78, 5) is 62.8. The maximum atomic E-state index is 16.7. The molecular weight excluding hydrogens is 821 g/mol. The number of para-hydroxylation sites is 1. The number of esters is 1. The number of thiophene rings is 1. The van der Waals surface area contributed by atoms with Crippen molar-refractivity contribution in [3.8, 4) is 11.5 Å². The minimum atomic E-state index is -4.50. The second-order valence-electron chi connectivity index (χ2n) is 15.7. The van der Waals surface area contributed by atoms with E-state index < -0.39 is 43.4 Å². The van der Waals surface area contributed by atoms with Crippen LogP contribution in [-0.4, -0.2) is 82.8 Å². The lowest BCUT2D eigenvalue weighted by molar-refractivity contribution is -0.148. The molecule has 16 heteroatoms. The van der Waals surface area contributed by atoms with Gasteiger partial charge in [-0.3, -0.25) is 28.7 Å². The van der Waals surface area contributed by atoms with E-state index in [1.54, 1.807) is 77.8 Å². The van der Waals surface area contributed by atoms with Gasteiger partial charge in [0.05, 0.1) is 12.0 Å². The Morgan fingerprint density at radius 3 is 2.48 bits per heavy atom. The molecule has 3 fully saturated rings. The number of fused-ring (bicyclic) bond motifs is 2. The molecule has 0 spiro atoms. The van der Waals surface area contributed by atoms with E-state index in [0.29, 0.717) is 47.3 Å². The molecule has 3 amide bonds. The van der Waals surface area contributed by atoms with Gasteiger partial charge in [0, 0.05) is 47.7 Å². The van der Waals surface area contributed by atoms with E-state index in [1.807, 2.05) is 18.2 Å². The highest BCUT2D eigenvalue weighted by atomic mass is 32.1. The summed E-state index contributed by atoms with van der Waals surface area (Å²) in [6, 6.07) is 22.5. The van der Waals surface area contributed by atoms with Crippen LogP contribution < -0.4 is 19.7 Å². The van der Waals surface area contributed by atoms with E-state index >= 15 is 4.39 Å². The number of methoxy groups -OCH3 is 1. The molecule has 3 aromatic carbocycles. The maximum Gasteiger partial charge on any atom is 0.355 e. The molecule has 6 atom stereocenters. The van der Waals surface area contributed by atoms with E-state index in [0.717, 1.165) is 29.7 Å². The van der Waals surface area contributed by atoms with E-state index in [-0.39, 0.29) is 41.7 Å². The van der Waals surface area contributed by atoms with Crippen molar-refractivity contribution in [2.45, 2.75) is 81.6 Å². The van der Waals surface area contributed by atoms with Crippen molar-refractivity contribution in [3.63, 3.8) is 0 Å². The Labute approximate surface area is 357 Å². The van der Waals surface area contributed by atoms with Crippen molar-refractivity contribution in [2.75, 3.05) is 20.2 Å². The monoisotopic (exact) mass is 867 g/mol. The fourth-order valence-corrected chi connectivity index (χ4v) is 11.2. The fourth-order valence-electron chi connectivity index (χ4n) is 8.39. The summed E-state index contributed by atoms with van der Waals surface area (Å²) in [6.45, 7) is 2.44. The fraction of sp³-hybridized carbons (Fsp3) is 0.356. The highest BCUT2D eigenvalue weighted by Crippen LogP contribution is 2.58. The predicted octanol–water partition coefficient (Wildman–Crippen LogP) is 7.53. The number of hydrogen-bond acceptors (Lipinski definition) is 10. The van der Waals surface area contributed by atoms with Gasteiger partial charge < -0.3 is 29.1 Å². The molecule has 318 valence electrons. The number of halogens is 1. The van der Waals surface area contributed by atoms with Crippen LogP contribution in [0.3, 0.4) is 0 Å².